The van der Waals surface area contributed by atoms with Crippen molar-refractivity contribution in [2.24, 2.45) is 4.99 Å². The lowest BCUT2D eigenvalue weighted by molar-refractivity contribution is 0.575. The molecule has 0 aliphatic carbocycles. The highest BCUT2D eigenvalue weighted by Crippen LogP contribution is 2.42. The minimum absolute atomic E-state index is 0.234. The minimum atomic E-state index is 0.234. The second kappa shape index (κ2) is 7.36. The van der Waals surface area contributed by atoms with Crippen LogP contribution >= 0.6 is 11.6 Å². The lowest BCUT2D eigenvalue weighted by Gasteiger charge is -1.99. The summed E-state index contributed by atoms with van der Waals surface area (Å²) in [6.45, 7) is 0. The fourth-order valence-corrected chi connectivity index (χ4v) is 2.87. The van der Waals surface area contributed by atoms with Gasteiger partial charge >= 0.3 is 0 Å². The lowest BCUT2D eigenvalue weighted by atomic mass is 10.0. The number of rotatable bonds is 4. The van der Waals surface area contributed by atoms with Crippen LogP contribution in [0.4, 0.5) is 5.88 Å². The summed E-state index contributed by atoms with van der Waals surface area (Å²) in [6.07, 6.45) is 3.20. The molecule has 4 nitrogen and oxygen atoms in total. The standard InChI is InChI=1S/C22H13ClN2O2/c23-17-10-8-15(9-11-17)14-25-22-18(13-24)20(19-7-4-12-26-19)21(27-22)16-5-2-1-3-6-16/h1-12,14H. The van der Waals surface area contributed by atoms with Crippen LogP contribution in [0.25, 0.3) is 22.6 Å². The van der Waals surface area contributed by atoms with Gasteiger partial charge in [-0.05, 0) is 29.8 Å². The summed E-state index contributed by atoms with van der Waals surface area (Å²) in [5, 5.41) is 10.4. The summed E-state index contributed by atoms with van der Waals surface area (Å²) in [5.74, 6) is 1.34. The number of hydrogen-bond donors (Lipinski definition) is 0. The molecular formula is C22H13ClN2O2. The highest BCUT2D eigenvalue weighted by atomic mass is 35.5. The molecule has 0 amide bonds. The molecule has 0 saturated carbocycles. The quantitative estimate of drug-likeness (QED) is 0.385. The van der Waals surface area contributed by atoms with Crippen LogP contribution in [-0.2, 0) is 0 Å². The highest BCUT2D eigenvalue weighted by Gasteiger charge is 2.24. The molecule has 2 aromatic carbocycles. The smallest absolute Gasteiger partial charge is 0.238 e. The molecule has 0 aliphatic rings. The van der Waals surface area contributed by atoms with Crippen molar-refractivity contribution in [3.05, 3.63) is 89.1 Å². The Hall–Kier alpha value is -3.55. The molecule has 0 radical (unpaired) electrons. The average Bonchev–Trinajstić information content (AvgIpc) is 3.35. The monoisotopic (exact) mass is 372 g/mol. The summed E-state index contributed by atoms with van der Waals surface area (Å²) in [6, 6.07) is 22.6. The summed E-state index contributed by atoms with van der Waals surface area (Å²) in [4.78, 5) is 4.39. The van der Waals surface area contributed by atoms with Crippen molar-refractivity contribution < 1.29 is 8.83 Å². The maximum atomic E-state index is 9.75. The number of hydrogen-bond acceptors (Lipinski definition) is 4. The molecular weight excluding hydrogens is 360 g/mol. The molecule has 0 bridgehead atoms. The molecule has 130 valence electrons. The zero-order valence-corrected chi connectivity index (χ0v) is 14.9. The maximum absolute atomic E-state index is 9.75. The molecule has 0 N–H and O–H groups in total. The predicted octanol–water partition coefficient (Wildman–Crippen LogP) is 6.48. The first-order valence-electron chi connectivity index (χ1n) is 8.22. The van der Waals surface area contributed by atoms with Crippen molar-refractivity contribution in [1.82, 2.24) is 0 Å². The van der Waals surface area contributed by atoms with Gasteiger partial charge < -0.3 is 8.83 Å². The Morgan fingerprint density at radius 1 is 0.963 bits per heavy atom. The average molecular weight is 373 g/mol. The van der Waals surface area contributed by atoms with E-state index in [1.54, 1.807) is 36.7 Å². The van der Waals surface area contributed by atoms with Crippen LogP contribution in [-0.4, -0.2) is 6.21 Å². The SMILES string of the molecule is N#Cc1c(N=Cc2ccc(Cl)cc2)oc(-c2ccccc2)c1-c1ccco1. The van der Waals surface area contributed by atoms with Gasteiger partial charge in [-0.3, -0.25) is 0 Å². The number of nitriles is 1. The fraction of sp³-hybridized carbons (Fsp3) is 0. The molecule has 4 rings (SSSR count). The third kappa shape index (κ3) is 3.41. The van der Waals surface area contributed by atoms with E-state index in [1.807, 2.05) is 42.5 Å². The summed E-state index contributed by atoms with van der Waals surface area (Å²) in [5.41, 5.74) is 2.61. The van der Waals surface area contributed by atoms with Crippen molar-refractivity contribution in [1.29, 1.82) is 5.26 Å². The van der Waals surface area contributed by atoms with E-state index in [2.05, 4.69) is 11.1 Å². The lowest BCUT2D eigenvalue weighted by Crippen LogP contribution is -1.82. The molecule has 0 aliphatic heterocycles. The van der Waals surface area contributed by atoms with Crippen molar-refractivity contribution >= 4 is 23.7 Å². The topological polar surface area (TPSA) is 62.4 Å². The summed E-state index contributed by atoms with van der Waals surface area (Å²) < 4.78 is 11.5. The Bertz CT molecular complexity index is 1120. The Morgan fingerprint density at radius 2 is 1.74 bits per heavy atom. The van der Waals surface area contributed by atoms with Gasteiger partial charge in [-0.1, -0.05) is 54.1 Å². The van der Waals surface area contributed by atoms with Crippen molar-refractivity contribution in [2.45, 2.75) is 0 Å². The first kappa shape index (κ1) is 16.9. The van der Waals surface area contributed by atoms with Crippen molar-refractivity contribution in [3.8, 4) is 28.7 Å². The number of benzene rings is 2. The highest BCUT2D eigenvalue weighted by molar-refractivity contribution is 6.30. The number of halogens is 1. The maximum Gasteiger partial charge on any atom is 0.238 e. The first-order valence-corrected chi connectivity index (χ1v) is 8.60. The zero-order valence-electron chi connectivity index (χ0n) is 14.1. The van der Waals surface area contributed by atoms with Crippen molar-refractivity contribution in [3.63, 3.8) is 0 Å². The van der Waals surface area contributed by atoms with Gasteiger partial charge in [-0.2, -0.15) is 5.26 Å². The van der Waals surface area contributed by atoms with Crippen LogP contribution in [0.15, 0.2) is 86.8 Å². The number of aliphatic imine (C=N–C) groups is 1. The van der Waals surface area contributed by atoms with Gasteiger partial charge in [0.15, 0.2) is 0 Å². The third-order valence-electron chi connectivity index (χ3n) is 4.01. The van der Waals surface area contributed by atoms with Crippen LogP contribution < -0.4 is 0 Å². The van der Waals surface area contributed by atoms with Crippen molar-refractivity contribution in [2.75, 3.05) is 0 Å². The molecule has 0 saturated heterocycles. The van der Waals surface area contributed by atoms with Gasteiger partial charge in [-0.25, -0.2) is 4.99 Å². The van der Waals surface area contributed by atoms with Gasteiger partial charge in [0.25, 0.3) is 0 Å². The molecule has 0 spiro atoms. The van der Waals surface area contributed by atoms with E-state index < -0.39 is 0 Å². The second-order valence-corrected chi connectivity index (χ2v) is 6.19. The van der Waals surface area contributed by atoms with E-state index in [9.17, 15) is 5.26 Å². The predicted molar refractivity (Wildman–Crippen MR) is 105 cm³/mol. The number of nitrogens with zero attached hydrogens (tertiary/aromatic N) is 2. The Balaban J connectivity index is 1.85. The van der Waals surface area contributed by atoms with Gasteiger partial charge in [0.2, 0.25) is 5.88 Å². The Morgan fingerprint density at radius 3 is 2.41 bits per heavy atom. The normalized spacial score (nSPS) is 11.0. The molecule has 4 aromatic rings. The van der Waals surface area contributed by atoms with E-state index in [-0.39, 0.29) is 5.88 Å². The summed E-state index contributed by atoms with van der Waals surface area (Å²) >= 11 is 5.91. The largest absolute Gasteiger partial charge is 0.464 e. The van der Waals surface area contributed by atoms with E-state index in [0.717, 1.165) is 11.1 Å². The van der Waals surface area contributed by atoms with Crippen LogP contribution in [0.3, 0.4) is 0 Å². The molecule has 2 heterocycles. The molecule has 0 atom stereocenters. The van der Waals surface area contributed by atoms with Crippen LogP contribution in [0, 0.1) is 11.3 Å². The van der Waals surface area contributed by atoms with E-state index in [4.69, 9.17) is 20.4 Å². The zero-order chi connectivity index (χ0) is 18.6. The van der Waals surface area contributed by atoms with Crippen LogP contribution in [0.5, 0.6) is 0 Å². The second-order valence-electron chi connectivity index (χ2n) is 5.75. The molecule has 0 fully saturated rings. The third-order valence-corrected chi connectivity index (χ3v) is 4.26. The van der Waals surface area contributed by atoms with Crippen LogP contribution in [0.1, 0.15) is 11.1 Å². The van der Waals surface area contributed by atoms with E-state index in [0.29, 0.717) is 27.7 Å². The molecule has 27 heavy (non-hydrogen) atoms. The van der Waals surface area contributed by atoms with E-state index in [1.165, 1.54) is 0 Å². The Kier molecular flexibility index (Phi) is 4.61. The van der Waals surface area contributed by atoms with Gasteiger partial charge in [0.05, 0.1) is 11.8 Å². The molecule has 2 aromatic heterocycles. The fourth-order valence-electron chi connectivity index (χ4n) is 2.74. The minimum Gasteiger partial charge on any atom is -0.464 e. The Labute approximate surface area is 161 Å². The van der Waals surface area contributed by atoms with Crippen LogP contribution in [0.2, 0.25) is 5.02 Å². The first-order chi connectivity index (χ1) is 13.3. The van der Waals surface area contributed by atoms with Gasteiger partial charge in [-0.15, -0.1) is 0 Å². The van der Waals surface area contributed by atoms with E-state index >= 15 is 0 Å². The number of furan rings is 2. The molecule has 0 unspecified atom stereocenters. The summed E-state index contributed by atoms with van der Waals surface area (Å²) in [7, 11) is 0. The molecule has 5 heteroatoms. The van der Waals surface area contributed by atoms with Gasteiger partial charge in [0.1, 0.15) is 23.2 Å². The van der Waals surface area contributed by atoms with Gasteiger partial charge in [0, 0.05) is 16.8 Å².